The van der Waals surface area contributed by atoms with Gasteiger partial charge in [-0.3, -0.25) is 9.59 Å². The summed E-state index contributed by atoms with van der Waals surface area (Å²) in [7, 11) is 0. The molecular formula is C21H20FN3O2. The van der Waals surface area contributed by atoms with Crippen molar-refractivity contribution in [1.29, 1.82) is 0 Å². The van der Waals surface area contributed by atoms with E-state index < -0.39 is 12.0 Å². The lowest BCUT2D eigenvalue weighted by atomic mass is 9.90. The van der Waals surface area contributed by atoms with Crippen LogP contribution in [0, 0.1) is 18.7 Å². The van der Waals surface area contributed by atoms with Crippen LogP contribution in [-0.4, -0.2) is 41.0 Å². The van der Waals surface area contributed by atoms with Gasteiger partial charge in [0.05, 0.1) is 17.6 Å². The predicted octanol–water partition coefficient (Wildman–Crippen LogP) is 2.67. The molecule has 0 radical (unpaired) electrons. The molecule has 0 aromatic heterocycles. The molecule has 2 aromatic carbocycles. The van der Waals surface area contributed by atoms with Crippen LogP contribution in [0.15, 0.2) is 48.5 Å². The third-order valence-electron chi connectivity index (χ3n) is 5.91. The first-order valence-electron chi connectivity index (χ1n) is 9.29. The molecule has 0 aliphatic carbocycles. The summed E-state index contributed by atoms with van der Waals surface area (Å²) < 4.78 is 13.4. The number of aryl methyl sites for hydroxylation is 1. The third-order valence-corrected chi connectivity index (χ3v) is 5.91. The summed E-state index contributed by atoms with van der Waals surface area (Å²) in [4.78, 5) is 27.9. The van der Waals surface area contributed by atoms with Crippen LogP contribution < -0.4 is 4.90 Å². The van der Waals surface area contributed by atoms with E-state index in [0.717, 1.165) is 30.6 Å². The fourth-order valence-electron chi connectivity index (χ4n) is 4.72. The van der Waals surface area contributed by atoms with Crippen molar-refractivity contribution < 1.29 is 14.0 Å². The number of carbonyl (C=O) groups excluding carboxylic acids is 2. The fraction of sp³-hybridized carbons (Fsp3) is 0.333. The summed E-state index contributed by atoms with van der Waals surface area (Å²) in [6.45, 7) is 3.54. The number of fused-ring (bicyclic) bond motifs is 3. The number of hydrogen-bond donors (Lipinski definition) is 0. The summed E-state index contributed by atoms with van der Waals surface area (Å²) in [6.07, 6.45) is 0.951. The van der Waals surface area contributed by atoms with Crippen molar-refractivity contribution in [3.8, 4) is 0 Å². The fourth-order valence-corrected chi connectivity index (χ4v) is 4.72. The zero-order chi connectivity index (χ0) is 18.7. The van der Waals surface area contributed by atoms with Gasteiger partial charge in [-0.25, -0.2) is 19.3 Å². The molecular weight excluding hydrogens is 345 g/mol. The Morgan fingerprint density at radius 3 is 2.15 bits per heavy atom. The van der Waals surface area contributed by atoms with Crippen molar-refractivity contribution >= 4 is 17.5 Å². The Morgan fingerprint density at radius 2 is 1.48 bits per heavy atom. The van der Waals surface area contributed by atoms with Crippen LogP contribution in [0.4, 0.5) is 10.1 Å². The van der Waals surface area contributed by atoms with Gasteiger partial charge in [0.25, 0.3) is 5.91 Å². The Labute approximate surface area is 156 Å². The van der Waals surface area contributed by atoms with E-state index in [-0.39, 0.29) is 23.7 Å². The minimum Gasteiger partial charge on any atom is -0.274 e. The van der Waals surface area contributed by atoms with Gasteiger partial charge in [-0.05, 0) is 43.2 Å². The molecule has 27 heavy (non-hydrogen) atoms. The monoisotopic (exact) mass is 365 g/mol. The number of hydrogen-bond acceptors (Lipinski definition) is 4. The number of benzene rings is 2. The van der Waals surface area contributed by atoms with Crippen molar-refractivity contribution in [2.75, 3.05) is 18.0 Å². The van der Waals surface area contributed by atoms with Crippen molar-refractivity contribution in [1.82, 2.24) is 10.0 Å². The summed E-state index contributed by atoms with van der Waals surface area (Å²) >= 11 is 0. The Hall–Kier alpha value is -2.57. The first-order chi connectivity index (χ1) is 13.1. The van der Waals surface area contributed by atoms with E-state index in [0.29, 0.717) is 5.69 Å². The maximum atomic E-state index is 13.4. The number of carbonyl (C=O) groups is 2. The van der Waals surface area contributed by atoms with Gasteiger partial charge >= 0.3 is 0 Å². The minimum absolute atomic E-state index is 0.162. The number of hydrazine groups is 1. The molecule has 2 amide bonds. The Morgan fingerprint density at radius 1 is 0.852 bits per heavy atom. The molecule has 3 aliphatic rings. The summed E-state index contributed by atoms with van der Waals surface area (Å²) in [6, 6.07) is 13.0. The molecule has 138 valence electrons. The summed E-state index contributed by atoms with van der Waals surface area (Å²) in [5.41, 5.74) is 2.57. The second kappa shape index (κ2) is 5.97. The average molecular weight is 365 g/mol. The van der Waals surface area contributed by atoms with Crippen LogP contribution in [-0.2, 0) is 9.59 Å². The predicted molar refractivity (Wildman–Crippen MR) is 98.1 cm³/mol. The maximum Gasteiger partial charge on any atom is 0.253 e. The highest BCUT2D eigenvalue weighted by Gasteiger charge is 2.62. The average Bonchev–Trinajstić information content (AvgIpc) is 3.30. The molecule has 5 nitrogen and oxygen atoms in total. The summed E-state index contributed by atoms with van der Waals surface area (Å²) in [5.74, 6) is -1.10. The highest BCUT2D eigenvalue weighted by atomic mass is 19.1. The molecule has 3 atom stereocenters. The number of amides is 2. The van der Waals surface area contributed by atoms with E-state index in [9.17, 15) is 14.0 Å². The van der Waals surface area contributed by atoms with Crippen molar-refractivity contribution in [3.63, 3.8) is 0 Å². The lowest BCUT2D eigenvalue weighted by Gasteiger charge is -2.29. The van der Waals surface area contributed by atoms with Gasteiger partial charge in [-0.2, -0.15) is 0 Å². The lowest BCUT2D eigenvalue weighted by molar-refractivity contribution is -0.126. The molecule has 3 aliphatic heterocycles. The van der Waals surface area contributed by atoms with Crippen LogP contribution in [0.1, 0.15) is 23.6 Å². The Bertz CT molecular complexity index is 912. The van der Waals surface area contributed by atoms with Gasteiger partial charge < -0.3 is 0 Å². The van der Waals surface area contributed by atoms with Crippen LogP contribution in [0.5, 0.6) is 0 Å². The molecule has 0 N–H and O–H groups in total. The van der Waals surface area contributed by atoms with Crippen LogP contribution in [0.2, 0.25) is 0 Å². The Kier molecular flexibility index (Phi) is 3.67. The van der Waals surface area contributed by atoms with Gasteiger partial charge in [-0.15, -0.1) is 0 Å². The summed E-state index contributed by atoms with van der Waals surface area (Å²) in [5, 5.41) is 4.18. The van der Waals surface area contributed by atoms with Gasteiger partial charge in [0.15, 0.2) is 0 Å². The molecule has 3 heterocycles. The molecule has 0 bridgehead atoms. The zero-order valence-electron chi connectivity index (χ0n) is 15.0. The normalized spacial score (nSPS) is 28.1. The lowest BCUT2D eigenvalue weighted by Crippen LogP contribution is -2.44. The third kappa shape index (κ3) is 2.37. The van der Waals surface area contributed by atoms with Gasteiger partial charge in [0.2, 0.25) is 5.91 Å². The molecule has 5 rings (SSSR count). The first-order valence-corrected chi connectivity index (χ1v) is 9.29. The van der Waals surface area contributed by atoms with E-state index in [4.69, 9.17) is 0 Å². The van der Waals surface area contributed by atoms with Crippen LogP contribution in [0.3, 0.4) is 0 Å². The second-order valence-electron chi connectivity index (χ2n) is 7.49. The Balaban J connectivity index is 1.57. The van der Waals surface area contributed by atoms with Crippen LogP contribution in [0.25, 0.3) is 0 Å². The van der Waals surface area contributed by atoms with Crippen molar-refractivity contribution in [3.05, 3.63) is 65.5 Å². The van der Waals surface area contributed by atoms with Crippen molar-refractivity contribution in [2.45, 2.75) is 25.4 Å². The number of halogens is 1. The SMILES string of the molecule is Cc1ccc(N2C(=O)[C@H]3[C@@H](C2=O)N2CCCN2[C@@H]3c2ccc(F)cc2)cc1. The van der Waals surface area contributed by atoms with Gasteiger partial charge in [-0.1, -0.05) is 29.8 Å². The van der Waals surface area contributed by atoms with Gasteiger partial charge in [0.1, 0.15) is 11.9 Å². The molecule has 0 spiro atoms. The smallest absolute Gasteiger partial charge is 0.253 e. The molecule has 6 heteroatoms. The van der Waals surface area contributed by atoms with E-state index in [2.05, 4.69) is 5.01 Å². The van der Waals surface area contributed by atoms with E-state index >= 15 is 0 Å². The topological polar surface area (TPSA) is 43.9 Å². The highest BCUT2D eigenvalue weighted by molar-refractivity contribution is 6.24. The molecule has 0 unspecified atom stereocenters. The van der Waals surface area contributed by atoms with Crippen LogP contribution >= 0.6 is 0 Å². The second-order valence-corrected chi connectivity index (χ2v) is 7.49. The number of imide groups is 1. The number of nitrogens with zero attached hydrogens (tertiary/aromatic N) is 3. The van der Waals surface area contributed by atoms with E-state index in [1.807, 2.05) is 36.2 Å². The molecule has 2 aromatic rings. The van der Waals surface area contributed by atoms with E-state index in [1.165, 1.54) is 17.0 Å². The molecule has 0 saturated carbocycles. The van der Waals surface area contributed by atoms with Gasteiger partial charge in [0, 0.05) is 13.1 Å². The standard InChI is InChI=1S/C21H20FN3O2/c1-13-3-9-16(10-4-13)25-20(26)17-18(14-5-7-15(22)8-6-14)23-11-2-12-24(23)19(17)21(25)27/h3-10,17-19H,2,11-12H2,1H3/t17-,18-,19+/m1/s1. The maximum absolute atomic E-state index is 13.4. The first kappa shape index (κ1) is 16.6. The number of rotatable bonds is 2. The highest BCUT2D eigenvalue weighted by Crippen LogP contribution is 2.48. The minimum atomic E-state index is -0.476. The number of anilines is 1. The van der Waals surface area contributed by atoms with E-state index in [1.54, 1.807) is 12.1 Å². The van der Waals surface area contributed by atoms with Crippen molar-refractivity contribution in [2.24, 2.45) is 5.92 Å². The quantitative estimate of drug-likeness (QED) is 0.768. The largest absolute Gasteiger partial charge is 0.274 e. The zero-order valence-corrected chi connectivity index (χ0v) is 15.0. The molecule has 3 saturated heterocycles. The molecule has 3 fully saturated rings.